The van der Waals surface area contributed by atoms with Gasteiger partial charge < -0.3 is 14.3 Å². The highest BCUT2D eigenvalue weighted by Crippen LogP contribution is 2.24. The van der Waals surface area contributed by atoms with E-state index >= 15 is 0 Å². The van der Waals surface area contributed by atoms with Crippen molar-refractivity contribution in [1.82, 2.24) is 9.55 Å². The second-order valence-electron chi connectivity index (χ2n) is 4.69. The van der Waals surface area contributed by atoms with Crippen molar-refractivity contribution in [3.05, 3.63) is 63.5 Å². The van der Waals surface area contributed by atoms with Crippen molar-refractivity contribution in [2.24, 2.45) is 0 Å². The van der Waals surface area contributed by atoms with Gasteiger partial charge in [0.25, 0.3) is 0 Å². The molecule has 0 bridgehead atoms. The maximum absolute atomic E-state index is 5.61. The van der Waals surface area contributed by atoms with E-state index in [9.17, 15) is 0 Å². The molecule has 1 heterocycles. The van der Waals surface area contributed by atoms with Gasteiger partial charge in [0.15, 0.2) is 4.77 Å². The molecular formula is C16H14N2OS2. The molecule has 0 unspecified atom stereocenters. The average Bonchev–Trinajstić information content (AvgIpc) is 2.52. The minimum Gasteiger partial charge on any atom is -0.495 e. The Bertz CT molecular complexity index is 898. The van der Waals surface area contributed by atoms with E-state index in [0.717, 1.165) is 26.9 Å². The first-order chi connectivity index (χ1) is 10.2. The smallest absolute Gasteiger partial charge is 0.179 e. The third-order valence-corrected chi connectivity index (χ3v) is 4.15. The molecule has 3 aromatic rings. The fraction of sp³-hybridized carbons (Fsp3) is 0.125. The third kappa shape index (κ3) is 2.62. The van der Waals surface area contributed by atoms with Gasteiger partial charge in [0.2, 0.25) is 0 Å². The zero-order valence-electron chi connectivity index (χ0n) is 11.5. The first-order valence-corrected chi connectivity index (χ1v) is 7.36. The summed E-state index contributed by atoms with van der Waals surface area (Å²) < 4.78 is 8.61. The number of nitrogens with zero attached hydrogens (tertiary/aromatic N) is 1. The number of H-pyrrole nitrogens is 1. The van der Waals surface area contributed by atoms with Crippen LogP contribution in [0.3, 0.4) is 0 Å². The van der Waals surface area contributed by atoms with Crippen LogP contribution >= 0.6 is 24.4 Å². The van der Waals surface area contributed by atoms with Gasteiger partial charge in [0, 0.05) is 5.39 Å². The monoisotopic (exact) mass is 314 g/mol. The van der Waals surface area contributed by atoms with Crippen LogP contribution in [0.25, 0.3) is 10.9 Å². The Morgan fingerprint density at radius 3 is 2.52 bits per heavy atom. The Labute approximate surface area is 132 Å². The topological polar surface area (TPSA) is 29.9 Å². The molecule has 5 heteroatoms. The molecule has 106 valence electrons. The number of benzene rings is 2. The van der Waals surface area contributed by atoms with Gasteiger partial charge in [-0.05, 0) is 29.9 Å². The second-order valence-corrected chi connectivity index (χ2v) is 5.46. The third-order valence-electron chi connectivity index (χ3n) is 3.38. The van der Waals surface area contributed by atoms with E-state index < -0.39 is 0 Å². The van der Waals surface area contributed by atoms with E-state index in [1.54, 1.807) is 7.11 Å². The number of hydrogen-bond acceptors (Lipinski definition) is 3. The normalized spacial score (nSPS) is 10.7. The van der Waals surface area contributed by atoms with E-state index in [-0.39, 0.29) is 0 Å². The van der Waals surface area contributed by atoms with E-state index in [1.807, 2.05) is 41.0 Å². The lowest BCUT2D eigenvalue weighted by atomic mass is 10.2. The number of fused-ring (bicyclic) bond motifs is 1. The van der Waals surface area contributed by atoms with Crippen molar-refractivity contribution in [3.8, 4) is 5.75 Å². The first kappa shape index (κ1) is 14.0. The SMILES string of the molecule is COc1cccc2c(=S)n(Cc3ccccc3)c(=S)[nH]c12. The fourth-order valence-electron chi connectivity index (χ4n) is 2.33. The van der Waals surface area contributed by atoms with Crippen molar-refractivity contribution in [2.45, 2.75) is 6.54 Å². The summed E-state index contributed by atoms with van der Waals surface area (Å²) in [5, 5.41) is 0.939. The minimum absolute atomic E-state index is 0.598. The molecule has 0 saturated heterocycles. The number of aromatic nitrogens is 2. The van der Waals surface area contributed by atoms with Crippen LogP contribution in [0.4, 0.5) is 0 Å². The summed E-state index contributed by atoms with van der Waals surface area (Å²) in [6.45, 7) is 0.655. The van der Waals surface area contributed by atoms with Gasteiger partial charge in [-0.2, -0.15) is 0 Å². The molecule has 3 rings (SSSR count). The van der Waals surface area contributed by atoms with Gasteiger partial charge in [-0.3, -0.25) is 0 Å². The molecule has 0 radical (unpaired) electrons. The molecule has 3 nitrogen and oxygen atoms in total. The Hall–Kier alpha value is -1.98. The number of rotatable bonds is 3. The zero-order valence-corrected chi connectivity index (χ0v) is 13.1. The van der Waals surface area contributed by atoms with Gasteiger partial charge in [-0.25, -0.2) is 0 Å². The van der Waals surface area contributed by atoms with Crippen LogP contribution < -0.4 is 4.74 Å². The molecule has 0 aliphatic rings. The first-order valence-electron chi connectivity index (χ1n) is 6.54. The highest BCUT2D eigenvalue weighted by molar-refractivity contribution is 7.72. The summed E-state index contributed by atoms with van der Waals surface area (Å²) in [6.07, 6.45) is 0. The Morgan fingerprint density at radius 2 is 1.81 bits per heavy atom. The van der Waals surface area contributed by atoms with Gasteiger partial charge in [-0.1, -0.05) is 48.6 Å². The van der Waals surface area contributed by atoms with Crippen molar-refractivity contribution in [2.75, 3.05) is 7.11 Å². The van der Waals surface area contributed by atoms with Crippen LogP contribution in [-0.4, -0.2) is 16.7 Å². The van der Waals surface area contributed by atoms with Gasteiger partial charge in [-0.15, -0.1) is 0 Å². The molecular weight excluding hydrogens is 300 g/mol. The van der Waals surface area contributed by atoms with E-state index in [1.165, 1.54) is 0 Å². The lowest BCUT2D eigenvalue weighted by molar-refractivity contribution is 0.418. The number of hydrogen-bond donors (Lipinski definition) is 1. The number of ether oxygens (including phenoxy) is 1. The Morgan fingerprint density at radius 1 is 1.05 bits per heavy atom. The summed E-state index contributed by atoms with van der Waals surface area (Å²) in [5.41, 5.74) is 2.01. The van der Waals surface area contributed by atoms with Crippen molar-refractivity contribution < 1.29 is 4.74 Å². The maximum Gasteiger partial charge on any atom is 0.179 e. The average molecular weight is 314 g/mol. The van der Waals surface area contributed by atoms with Crippen LogP contribution in [0.1, 0.15) is 5.56 Å². The van der Waals surface area contributed by atoms with Gasteiger partial charge in [0.05, 0.1) is 19.2 Å². The highest BCUT2D eigenvalue weighted by Gasteiger charge is 2.07. The number of para-hydroxylation sites is 1. The molecule has 0 aliphatic heterocycles. The summed E-state index contributed by atoms with van der Waals surface area (Å²) in [4.78, 5) is 3.23. The molecule has 0 atom stereocenters. The molecule has 0 saturated carbocycles. The van der Waals surface area contributed by atoms with Crippen LogP contribution in [0, 0.1) is 9.41 Å². The van der Waals surface area contributed by atoms with Crippen LogP contribution in [0.15, 0.2) is 48.5 Å². The van der Waals surface area contributed by atoms with Gasteiger partial charge in [0.1, 0.15) is 10.4 Å². The lowest BCUT2D eigenvalue weighted by Gasteiger charge is -2.12. The largest absolute Gasteiger partial charge is 0.495 e. The van der Waals surface area contributed by atoms with E-state index in [2.05, 4.69) is 17.1 Å². The van der Waals surface area contributed by atoms with E-state index in [0.29, 0.717) is 11.3 Å². The predicted octanol–water partition coefficient (Wildman–Crippen LogP) is 4.49. The molecule has 0 aliphatic carbocycles. The number of methoxy groups -OCH3 is 1. The quantitative estimate of drug-likeness (QED) is 0.723. The van der Waals surface area contributed by atoms with Crippen molar-refractivity contribution in [1.29, 1.82) is 0 Å². The number of aromatic amines is 1. The summed E-state index contributed by atoms with van der Waals surface area (Å²) in [7, 11) is 1.64. The molecule has 0 spiro atoms. The molecule has 1 N–H and O–H groups in total. The summed E-state index contributed by atoms with van der Waals surface area (Å²) >= 11 is 11.1. The van der Waals surface area contributed by atoms with Crippen LogP contribution in [0.5, 0.6) is 5.75 Å². The standard InChI is InChI=1S/C16H14N2OS2/c1-19-13-9-5-8-12-14(13)17-16(21)18(15(12)20)10-11-6-3-2-4-7-11/h2-9H,10H2,1H3,(H,17,21). The van der Waals surface area contributed by atoms with Crippen molar-refractivity contribution >= 4 is 35.3 Å². The van der Waals surface area contributed by atoms with Crippen LogP contribution in [-0.2, 0) is 6.54 Å². The fourth-order valence-corrected chi connectivity index (χ4v) is 2.97. The number of nitrogens with one attached hydrogen (secondary N) is 1. The van der Waals surface area contributed by atoms with E-state index in [4.69, 9.17) is 29.2 Å². The molecule has 2 aromatic carbocycles. The highest BCUT2D eigenvalue weighted by atomic mass is 32.1. The Kier molecular flexibility index (Phi) is 3.86. The molecule has 0 amide bonds. The summed E-state index contributed by atoms with van der Waals surface area (Å²) in [5.74, 6) is 0.747. The Balaban J connectivity index is 2.21. The molecule has 21 heavy (non-hydrogen) atoms. The second kappa shape index (κ2) is 5.79. The maximum atomic E-state index is 5.61. The lowest BCUT2D eigenvalue weighted by Crippen LogP contribution is -2.06. The van der Waals surface area contributed by atoms with Crippen molar-refractivity contribution in [3.63, 3.8) is 0 Å². The van der Waals surface area contributed by atoms with Gasteiger partial charge >= 0.3 is 0 Å². The zero-order chi connectivity index (χ0) is 14.8. The van der Waals surface area contributed by atoms with Crippen LogP contribution in [0.2, 0.25) is 0 Å². The summed E-state index contributed by atoms with van der Waals surface area (Å²) in [6, 6.07) is 15.9. The predicted molar refractivity (Wildman–Crippen MR) is 90.1 cm³/mol. The molecule has 0 fully saturated rings. The minimum atomic E-state index is 0.598. The molecule has 1 aromatic heterocycles.